The Balaban J connectivity index is 1.74. The van der Waals surface area contributed by atoms with E-state index in [0.29, 0.717) is 12.1 Å². The molecule has 3 rings (SSSR count). The maximum absolute atomic E-state index is 12.1. The summed E-state index contributed by atoms with van der Waals surface area (Å²) in [4.78, 5) is 12.1. The second kappa shape index (κ2) is 5.33. The summed E-state index contributed by atoms with van der Waals surface area (Å²) in [6.07, 6.45) is 2.56. The summed E-state index contributed by atoms with van der Waals surface area (Å²) in [6, 6.07) is 9.58. The van der Waals surface area contributed by atoms with E-state index in [2.05, 4.69) is 15.5 Å². The minimum Gasteiger partial charge on any atom is -0.383 e. The SMILES string of the molecule is Cc1cc(C(=O)NCC2(O)CCCc3ccccc32)n[nH]1. The Kier molecular flexibility index (Phi) is 3.51. The Morgan fingerprint density at radius 1 is 1.48 bits per heavy atom. The Labute approximate surface area is 123 Å². The lowest BCUT2D eigenvalue weighted by Crippen LogP contribution is -2.43. The minimum absolute atomic E-state index is 0.203. The fourth-order valence-electron chi connectivity index (χ4n) is 2.93. The molecular formula is C16H19N3O2. The summed E-state index contributed by atoms with van der Waals surface area (Å²) >= 11 is 0. The van der Waals surface area contributed by atoms with Crippen LogP contribution in [0.2, 0.25) is 0 Å². The maximum atomic E-state index is 12.1. The van der Waals surface area contributed by atoms with E-state index >= 15 is 0 Å². The molecule has 1 amide bonds. The zero-order chi connectivity index (χ0) is 14.9. The number of aromatic nitrogens is 2. The van der Waals surface area contributed by atoms with Crippen LogP contribution in [0.15, 0.2) is 30.3 Å². The van der Waals surface area contributed by atoms with E-state index in [9.17, 15) is 9.90 Å². The lowest BCUT2D eigenvalue weighted by molar-refractivity contribution is 0.0189. The number of benzene rings is 1. The van der Waals surface area contributed by atoms with E-state index in [1.807, 2.05) is 31.2 Å². The highest BCUT2D eigenvalue weighted by molar-refractivity contribution is 5.92. The quantitative estimate of drug-likeness (QED) is 0.802. The highest BCUT2D eigenvalue weighted by Crippen LogP contribution is 2.34. The van der Waals surface area contributed by atoms with Crippen LogP contribution in [0, 0.1) is 6.92 Å². The Morgan fingerprint density at radius 2 is 2.29 bits per heavy atom. The van der Waals surface area contributed by atoms with Gasteiger partial charge in [0.2, 0.25) is 0 Å². The van der Waals surface area contributed by atoms with E-state index < -0.39 is 5.60 Å². The minimum atomic E-state index is -0.990. The molecular weight excluding hydrogens is 266 g/mol. The molecule has 0 spiro atoms. The number of fused-ring (bicyclic) bond motifs is 1. The average Bonchev–Trinajstić information content (AvgIpc) is 2.92. The summed E-state index contributed by atoms with van der Waals surface area (Å²) in [5.74, 6) is -0.268. The van der Waals surface area contributed by atoms with Crippen molar-refractivity contribution in [3.8, 4) is 0 Å². The highest BCUT2D eigenvalue weighted by atomic mass is 16.3. The van der Waals surface area contributed by atoms with Gasteiger partial charge < -0.3 is 10.4 Å². The first-order valence-electron chi connectivity index (χ1n) is 7.19. The Morgan fingerprint density at radius 3 is 3.05 bits per heavy atom. The second-order valence-electron chi connectivity index (χ2n) is 5.66. The molecule has 0 bridgehead atoms. The number of carbonyl (C=O) groups excluding carboxylic acids is 1. The number of amides is 1. The molecule has 0 saturated heterocycles. The van der Waals surface area contributed by atoms with Gasteiger partial charge in [-0.2, -0.15) is 5.10 Å². The summed E-state index contributed by atoms with van der Waals surface area (Å²) in [5.41, 5.74) is 2.28. The van der Waals surface area contributed by atoms with Gasteiger partial charge in [-0.1, -0.05) is 24.3 Å². The molecule has 0 radical (unpaired) electrons. The summed E-state index contributed by atoms with van der Waals surface area (Å²) < 4.78 is 0. The topological polar surface area (TPSA) is 78.0 Å². The van der Waals surface area contributed by atoms with Crippen LogP contribution < -0.4 is 5.32 Å². The average molecular weight is 285 g/mol. The van der Waals surface area contributed by atoms with Crippen LogP contribution >= 0.6 is 0 Å². The maximum Gasteiger partial charge on any atom is 0.271 e. The van der Waals surface area contributed by atoms with E-state index in [1.165, 1.54) is 0 Å². The number of H-pyrrole nitrogens is 1. The van der Waals surface area contributed by atoms with Crippen LogP contribution in [-0.2, 0) is 12.0 Å². The molecule has 0 aliphatic heterocycles. The van der Waals surface area contributed by atoms with Crippen LogP contribution in [0.5, 0.6) is 0 Å². The van der Waals surface area contributed by atoms with Gasteiger partial charge in [-0.25, -0.2) is 0 Å². The van der Waals surface area contributed by atoms with Crippen LogP contribution in [0.25, 0.3) is 0 Å². The molecule has 0 saturated carbocycles. The van der Waals surface area contributed by atoms with Gasteiger partial charge in [0, 0.05) is 5.69 Å². The number of aryl methyl sites for hydroxylation is 2. The Bertz CT molecular complexity index is 665. The third-order valence-corrected chi connectivity index (χ3v) is 4.04. The molecule has 1 heterocycles. The molecule has 1 aromatic carbocycles. The normalized spacial score (nSPS) is 20.9. The van der Waals surface area contributed by atoms with E-state index in [-0.39, 0.29) is 12.5 Å². The number of nitrogens with one attached hydrogen (secondary N) is 2. The van der Waals surface area contributed by atoms with Crippen LogP contribution in [0.1, 0.15) is 40.2 Å². The molecule has 0 fully saturated rings. The smallest absolute Gasteiger partial charge is 0.271 e. The number of carbonyl (C=O) groups is 1. The number of aliphatic hydroxyl groups is 1. The number of hydrogen-bond donors (Lipinski definition) is 3. The third-order valence-electron chi connectivity index (χ3n) is 4.04. The summed E-state index contributed by atoms with van der Waals surface area (Å²) in [6.45, 7) is 2.05. The standard InChI is InChI=1S/C16H19N3O2/c1-11-9-14(19-18-11)15(20)17-10-16(21)8-4-6-12-5-2-3-7-13(12)16/h2-3,5,7,9,21H,4,6,8,10H2,1H3,(H,17,20)(H,18,19). The Hall–Kier alpha value is -2.14. The van der Waals surface area contributed by atoms with Crippen molar-refractivity contribution in [2.24, 2.45) is 0 Å². The largest absolute Gasteiger partial charge is 0.383 e. The zero-order valence-corrected chi connectivity index (χ0v) is 12.0. The molecule has 5 heteroatoms. The first-order chi connectivity index (χ1) is 10.1. The number of rotatable bonds is 3. The molecule has 110 valence electrons. The van der Waals surface area contributed by atoms with Gasteiger partial charge in [0.1, 0.15) is 11.3 Å². The molecule has 3 N–H and O–H groups in total. The number of hydrogen-bond acceptors (Lipinski definition) is 3. The molecule has 1 unspecified atom stereocenters. The lowest BCUT2D eigenvalue weighted by atomic mass is 9.79. The number of nitrogens with zero attached hydrogens (tertiary/aromatic N) is 1. The highest BCUT2D eigenvalue weighted by Gasteiger charge is 2.34. The molecule has 1 aliphatic carbocycles. The van der Waals surface area contributed by atoms with Gasteiger partial charge in [0.25, 0.3) is 5.91 Å². The monoisotopic (exact) mass is 285 g/mol. The zero-order valence-electron chi connectivity index (χ0n) is 12.0. The van der Waals surface area contributed by atoms with Crippen LogP contribution in [0.4, 0.5) is 0 Å². The molecule has 1 atom stereocenters. The van der Waals surface area contributed by atoms with Gasteiger partial charge in [-0.15, -0.1) is 0 Å². The van der Waals surface area contributed by atoms with Gasteiger partial charge >= 0.3 is 0 Å². The van der Waals surface area contributed by atoms with E-state index in [1.54, 1.807) is 6.07 Å². The summed E-state index contributed by atoms with van der Waals surface area (Å²) in [7, 11) is 0. The van der Waals surface area contributed by atoms with E-state index in [4.69, 9.17) is 0 Å². The van der Waals surface area contributed by atoms with Crippen molar-refractivity contribution in [3.05, 3.63) is 52.8 Å². The van der Waals surface area contributed by atoms with Crippen molar-refractivity contribution < 1.29 is 9.90 Å². The van der Waals surface area contributed by atoms with Gasteiger partial charge in [0.05, 0.1) is 6.54 Å². The van der Waals surface area contributed by atoms with Crippen molar-refractivity contribution in [1.29, 1.82) is 0 Å². The fourth-order valence-corrected chi connectivity index (χ4v) is 2.93. The van der Waals surface area contributed by atoms with Gasteiger partial charge in [-0.3, -0.25) is 9.89 Å². The van der Waals surface area contributed by atoms with Crippen molar-refractivity contribution in [3.63, 3.8) is 0 Å². The second-order valence-corrected chi connectivity index (χ2v) is 5.66. The molecule has 1 aliphatic rings. The van der Waals surface area contributed by atoms with Crippen molar-refractivity contribution in [2.75, 3.05) is 6.54 Å². The molecule has 5 nitrogen and oxygen atoms in total. The third kappa shape index (κ3) is 2.69. The molecule has 2 aromatic rings. The van der Waals surface area contributed by atoms with Crippen molar-refractivity contribution in [1.82, 2.24) is 15.5 Å². The number of aromatic amines is 1. The first kappa shape index (κ1) is 13.8. The predicted molar refractivity (Wildman–Crippen MR) is 78.9 cm³/mol. The van der Waals surface area contributed by atoms with Gasteiger partial charge in [0.15, 0.2) is 0 Å². The first-order valence-corrected chi connectivity index (χ1v) is 7.19. The predicted octanol–water partition coefficient (Wildman–Crippen LogP) is 1.67. The van der Waals surface area contributed by atoms with Crippen LogP contribution in [-0.4, -0.2) is 27.8 Å². The van der Waals surface area contributed by atoms with Crippen molar-refractivity contribution >= 4 is 5.91 Å². The van der Waals surface area contributed by atoms with Crippen LogP contribution in [0.3, 0.4) is 0 Å². The fraction of sp³-hybridized carbons (Fsp3) is 0.375. The molecule has 1 aromatic heterocycles. The summed E-state index contributed by atoms with van der Waals surface area (Å²) in [5, 5.41) is 20.3. The van der Waals surface area contributed by atoms with Crippen molar-refractivity contribution in [2.45, 2.75) is 31.8 Å². The molecule has 21 heavy (non-hydrogen) atoms. The lowest BCUT2D eigenvalue weighted by Gasteiger charge is -2.34. The van der Waals surface area contributed by atoms with Gasteiger partial charge in [-0.05, 0) is 43.4 Å². The van der Waals surface area contributed by atoms with E-state index in [0.717, 1.165) is 29.7 Å².